The average Bonchev–Trinajstić information content (AvgIpc) is 3.25. The minimum absolute atomic E-state index is 0.257. The first-order valence-electron chi connectivity index (χ1n) is 10.4. The van der Waals surface area contributed by atoms with E-state index in [9.17, 15) is 4.57 Å². The maximum atomic E-state index is 10.5. The molecule has 0 aliphatic rings. The Morgan fingerprint density at radius 1 is 0.967 bits per heavy atom. The lowest BCUT2D eigenvalue weighted by molar-refractivity contribution is 0.276. The minimum atomic E-state index is -2.51. The van der Waals surface area contributed by atoms with Crippen molar-refractivity contribution in [2.45, 2.75) is 38.6 Å². The molecule has 0 fully saturated rings. The highest BCUT2D eigenvalue weighted by atomic mass is 31.1. The third-order valence-corrected chi connectivity index (χ3v) is 5.29. The Labute approximate surface area is 178 Å². The van der Waals surface area contributed by atoms with Crippen LogP contribution < -0.4 is 10.1 Å². The highest BCUT2D eigenvalue weighted by molar-refractivity contribution is 7.32. The van der Waals surface area contributed by atoms with E-state index in [0.717, 1.165) is 41.5 Å². The molecule has 1 heterocycles. The van der Waals surface area contributed by atoms with Gasteiger partial charge in [0.15, 0.2) is 0 Å². The number of furan rings is 1. The van der Waals surface area contributed by atoms with Crippen LogP contribution in [0.15, 0.2) is 59.2 Å². The molecular formula is C23H29NO5P+. The van der Waals surface area contributed by atoms with E-state index in [1.54, 1.807) is 6.26 Å². The summed E-state index contributed by atoms with van der Waals surface area (Å²) in [6, 6.07) is 16.5. The molecule has 3 aromatic rings. The largest absolute Gasteiger partial charge is 0.694 e. The van der Waals surface area contributed by atoms with Crippen LogP contribution in [-0.2, 0) is 22.1 Å². The number of fused-ring (bicyclic) bond motifs is 1. The molecular weight excluding hydrogens is 401 g/mol. The zero-order chi connectivity index (χ0) is 21.0. The fraction of sp³-hybridized carbons (Fsp3) is 0.391. The number of hydrogen-bond acceptors (Lipinski definition) is 5. The smallest absolute Gasteiger partial charge is 0.493 e. The van der Waals surface area contributed by atoms with Crippen molar-refractivity contribution in [2.24, 2.45) is 0 Å². The summed E-state index contributed by atoms with van der Waals surface area (Å²) >= 11 is 0. The quantitative estimate of drug-likeness (QED) is 0.264. The van der Waals surface area contributed by atoms with E-state index in [1.807, 2.05) is 24.3 Å². The predicted octanol–water partition coefficient (Wildman–Crippen LogP) is 5.37. The van der Waals surface area contributed by atoms with Crippen LogP contribution in [0.25, 0.3) is 11.0 Å². The monoisotopic (exact) mass is 430 g/mol. The average molecular weight is 430 g/mol. The van der Waals surface area contributed by atoms with Crippen LogP contribution in [-0.4, -0.2) is 24.7 Å². The van der Waals surface area contributed by atoms with Crippen molar-refractivity contribution in [3.8, 4) is 5.75 Å². The predicted molar refractivity (Wildman–Crippen MR) is 118 cm³/mol. The Balaban J connectivity index is 1.39. The highest BCUT2D eigenvalue weighted by Gasteiger charge is 2.12. The SMILES string of the molecule is O=[P+](O)OCCCNCc1ccc(OCCCCCc2ccccc2)c2ccoc12. The molecule has 0 aliphatic heterocycles. The number of unbranched alkanes of at least 4 members (excludes halogenated alkanes) is 2. The first kappa shape index (κ1) is 22.4. The lowest BCUT2D eigenvalue weighted by Gasteiger charge is -2.10. The Morgan fingerprint density at radius 2 is 1.83 bits per heavy atom. The number of aryl methyl sites for hydroxylation is 1. The van der Waals surface area contributed by atoms with Crippen molar-refractivity contribution in [2.75, 3.05) is 19.8 Å². The molecule has 2 N–H and O–H groups in total. The van der Waals surface area contributed by atoms with Gasteiger partial charge < -0.3 is 14.5 Å². The van der Waals surface area contributed by atoms with Crippen LogP contribution in [0.2, 0.25) is 0 Å². The van der Waals surface area contributed by atoms with E-state index in [1.165, 1.54) is 12.0 Å². The molecule has 0 radical (unpaired) electrons. The van der Waals surface area contributed by atoms with Gasteiger partial charge in [0, 0.05) is 16.7 Å². The molecule has 0 spiro atoms. The molecule has 30 heavy (non-hydrogen) atoms. The summed E-state index contributed by atoms with van der Waals surface area (Å²) in [5.41, 5.74) is 3.28. The molecule has 0 bridgehead atoms. The van der Waals surface area contributed by atoms with Crippen molar-refractivity contribution >= 4 is 19.2 Å². The lowest BCUT2D eigenvalue weighted by atomic mass is 10.1. The maximum absolute atomic E-state index is 10.5. The van der Waals surface area contributed by atoms with Crippen molar-refractivity contribution in [3.05, 3.63) is 65.9 Å². The molecule has 1 unspecified atom stereocenters. The maximum Gasteiger partial charge on any atom is 0.694 e. The van der Waals surface area contributed by atoms with Gasteiger partial charge in [-0.25, -0.2) is 0 Å². The second-order valence-electron chi connectivity index (χ2n) is 7.13. The molecule has 7 heteroatoms. The van der Waals surface area contributed by atoms with E-state index in [2.05, 4.69) is 34.1 Å². The number of benzene rings is 2. The summed E-state index contributed by atoms with van der Waals surface area (Å²) in [5.74, 6) is 0.853. The van der Waals surface area contributed by atoms with Crippen LogP contribution in [0, 0.1) is 0 Å². The normalized spacial score (nSPS) is 11.7. The second-order valence-corrected chi connectivity index (χ2v) is 7.87. The fourth-order valence-corrected chi connectivity index (χ4v) is 3.64. The van der Waals surface area contributed by atoms with Crippen molar-refractivity contribution < 1.29 is 23.1 Å². The van der Waals surface area contributed by atoms with Gasteiger partial charge in [0.05, 0.1) is 18.3 Å². The molecule has 2 aromatic carbocycles. The van der Waals surface area contributed by atoms with Gasteiger partial charge in [-0.3, -0.25) is 0 Å². The van der Waals surface area contributed by atoms with Crippen LogP contribution in [0.5, 0.6) is 5.75 Å². The summed E-state index contributed by atoms with van der Waals surface area (Å²) in [7, 11) is -2.51. The molecule has 1 atom stereocenters. The highest BCUT2D eigenvalue weighted by Crippen LogP contribution is 2.30. The van der Waals surface area contributed by atoms with Gasteiger partial charge in [-0.05, 0) is 56.3 Å². The van der Waals surface area contributed by atoms with E-state index in [-0.39, 0.29) is 6.61 Å². The first-order valence-corrected chi connectivity index (χ1v) is 11.5. The van der Waals surface area contributed by atoms with Gasteiger partial charge in [-0.15, -0.1) is 9.42 Å². The van der Waals surface area contributed by atoms with E-state index >= 15 is 0 Å². The Bertz CT molecular complexity index is 912. The van der Waals surface area contributed by atoms with Crippen LogP contribution in [0.4, 0.5) is 0 Å². The van der Waals surface area contributed by atoms with E-state index in [4.69, 9.17) is 14.0 Å². The van der Waals surface area contributed by atoms with Gasteiger partial charge in [-0.1, -0.05) is 36.4 Å². The fourth-order valence-electron chi connectivity index (χ4n) is 3.36. The molecule has 160 valence electrons. The Kier molecular flexibility index (Phi) is 9.32. The molecule has 3 rings (SSSR count). The van der Waals surface area contributed by atoms with Crippen LogP contribution >= 0.6 is 8.25 Å². The summed E-state index contributed by atoms with van der Waals surface area (Å²) < 4.78 is 26.8. The third kappa shape index (κ3) is 7.22. The van der Waals surface area contributed by atoms with Crippen molar-refractivity contribution in [3.63, 3.8) is 0 Å². The third-order valence-electron chi connectivity index (χ3n) is 4.88. The number of ether oxygens (including phenoxy) is 1. The zero-order valence-corrected chi connectivity index (χ0v) is 18.0. The molecule has 1 aromatic heterocycles. The van der Waals surface area contributed by atoms with Crippen molar-refractivity contribution in [1.82, 2.24) is 5.32 Å². The number of rotatable bonds is 14. The summed E-state index contributed by atoms with van der Waals surface area (Å²) in [6.07, 6.45) is 6.79. The number of hydrogen-bond donors (Lipinski definition) is 2. The van der Waals surface area contributed by atoms with Gasteiger partial charge >= 0.3 is 8.25 Å². The summed E-state index contributed by atoms with van der Waals surface area (Å²) in [5, 5.41) is 4.28. The van der Waals surface area contributed by atoms with Crippen LogP contribution in [0.3, 0.4) is 0 Å². The van der Waals surface area contributed by atoms with E-state index in [0.29, 0.717) is 26.1 Å². The molecule has 0 aliphatic carbocycles. The summed E-state index contributed by atoms with van der Waals surface area (Å²) in [6.45, 7) is 2.29. The van der Waals surface area contributed by atoms with Crippen molar-refractivity contribution in [1.29, 1.82) is 0 Å². The topological polar surface area (TPSA) is 80.9 Å². The van der Waals surface area contributed by atoms with Gasteiger partial charge in [0.1, 0.15) is 17.9 Å². The van der Waals surface area contributed by atoms with E-state index < -0.39 is 8.25 Å². The molecule has 0 saturated carbocycles. The molecule has 0 amide bonds. The standard InChI is InChI=1S/C23H28NO5P/c25-30(26)29-16-7-14-24-18-20-11-12-22(21-13-17-28-23(20)21)27-15-6-2-5-10-19-8-3-1-4-9-19/h1,3-4,8-9,11-13,17,24H,2,5-7,10,14-16,18H2/p+1. The zero-order valence-electron chi connectivity index (χ0n) is 17.1. The minimum Gasteiger partial charge on any atom is -0.493 e. The lowest BCUT2D eigenvalue weighted by Crippen LogP contribution is -2.16. The summed E-state index contributed by atoms with van der Waals surface area (Å²) in [4.78, 5) is 8.60. The van der Waals surface area contributed by atoms with Gasteiger partial charge in [-0.2, -0.15) is 0 Å². The second kappa shape index (κ2) is 12.5. The Hall–Kier alpha value is -2.24. The van der Waals surface area contributed by atoms with Crippen LogP contribution in [0.1, 0.15) is 36.8 Å². The number of nitrogens with one attached hydrogen (secondary N) is 1. The molecule has 6 nitrogen and oxygen atoms in total. The van der Waals surface area contributed by atoms with Gasteiger partial charge in [0.2, 0.25) is 0 Å². The van der Waals surface area contributed by atoms with Gasteiger partial charge in [0.25, 0.3) is 0 Å². The molecule has 0 saturated heterocycles. The first-order chi connectivity index (χ1) is 14.7. The Morgan fingerprint density at radius 3 is 2.67 bits per heavy atom.